The first kappa shape index (κ1) is 14.0. The Morgan fingerprint density at radius 2 is 2.18 bits per heavy atom. The maximum atomic E-state index is 12.1. The summed E-state index contributed by atoms with van der Waals surface area (Å²) in [7, 11) is 1.60. The summed E-state index contributed by atoms with van der Waals surface area (Å²) in [6, 6.07) is 5.21. The molecule has 0 radical (unpaired) electrons. The molecule has 0 aliphatic heterocycles. The van der Waals surface area contributed by atoms with E-state index in [0.29, 0.717) is 22.3 Å². The molecule has 0 aliphatic rings. The van der Waals surface area contributed by atoms with Gasteiger partial charge in [0.1, 0.15) is 0 Å². The minimum atomic E-state index is -0.421. The monoisotopic (exact) mass is 300 g/mol. The second-order valence-electron chi connectivity index (χ2n) is 4.48. The summed E-state index contributed by atoms with van der Waals surface area (Å²) >= 11 is 3.31. The molecule has 94 valence electrons. The first-order valence-corrected chi connectivity index (χ1v) is 6.02. The van der Waals surface area contributed by atoms with Gasteiger partial charge in [0.15, 0.2) is 0 Å². The third-order valence-corrected chi connectivity index (χ3v) is 3.12. The van der Waals surface area contributed by atoms with Crippen molar-refractivity contribution in [3.8, 4) is 0 Å². The van der Waals surface area contributed by atoms with Gasteiger partial charge in [-0.3, -0.25) is 4.79 Å². The number of nitrogens with one attached hydrogen (secondary N) is 1. The highest BCUT2D eigenvalue weighted by atomic mass is 79.9. The Kier molecular flexibility index (Phi) is 4.54. The summed E-state index contributed by atoms with van der Waals surface area (Å²) in [6.07, 6.45) is 0. The van der Waals surface area contributed by atoms with Gasteiger partial charge in [-0.05, 0) is 41.9 Å². The van der Waals surface area contributed by atoms with Gasteiger partial charge in [-0.15, -0.1) is 0 Å². The highest BCUT2D eigenvalue weighted by Crippen LogP contribution is 2.24. The molecule has 4 nitrogen and oxygen atoms in total. The third-order valence-electron chi connectivity index (χ3n) is 2.23. The minimum Gasteiger partial charge on any atom is -0.398 e. The largest absolute Gasteiger partial charge is 0.398 e. The van der Waals surface area contributed by atoms with Crippen LogP contribution in [0.3, 0.4) is 0 Å². The van der Waals surface area contributed by atoms with Crippen molar-refractivity contribution in [3.63, 3.8) is 0 Å². The Morgan fingerprint density at radius 3 is 2.76 bits per heavy atom. The average Bonchev–Trinajstić information content (AvgIpc) is 2.21. The number of nitrogens with two attached hydrogens (primary N) is 1. The Balaban J connectivity index is 2.87. The highest BCUT2D eigenvalue weighted by molar-refractivity contribution is 9.10. The van der Waals surface area contributed by atoms with E-state index in [-0.39, 0.29) is 5.91 Å². The van der Waals surface area contributed by atoms with Gasteiger partial charge in [-0.25, -0.2) is 0 Å². The number of carbonyl (C=O) groups excluding carboxylic acids is 1. The Labute approximate surface area is 110 Å². The van der Waals surface area contributed by atoms with Gasteiger partial charge >= 0.3 is 0 Å². The van der Waals surface area contributed by atoms with E-state index in [1.165, 1.54) is 0 Å². The van der Waals surface area contributed by atoms with Crippen molar-refractivity contribution in [2.75, 3.05) is 19.5 Å². The van der Waals surface area contributed by atoms with Crippen LogP contribution in [-0.2, 0) is 4.74 Å². The molecule has 1 rings (SSSR count). The van der Waals surface area contributed by atoms with Gasteiger partial charge < -0.3 is 15.8 Å². The lowest BCUT2D eigenvalue weighted by Crippen LogP contribution is -2.46. The number of methoxy groups -OCH3 is 1. The number of anilines is 1. The molecule has 0 bridgehead atoms. The van der Waals surface area contributed by atoms with Crippen LogP contribution in [0.4, 0.5) is 5.69 Å². The maximum Gasteiger partial charge on any atom is 0.252 e. The summed E-state index contributed by atoms with van der Waals surface area (Å²) in [6.45, 7) is 4.24. The van der Waals surface area contributed by atoms with E-state index in [4.69, 9.17) is 10.5 Å². The Morgan fingerprint density at radius 1 is 1.53 bits per heavy atom. The quantitative estimate of drug-likeness (QED) is 0.838. The van der Waals surface area contributed by atoms with Crippen LogP contribution >= 0.6 is 15.9 Å². The van der Waals surface area contributed by atoms with Crippen molar-refractivity contribution < 1.29 is 9.53 Å². The summed E-state index contributed by atoms with van der Waals surface area (Å²) < 4.78 is 5.66. The number of carbonyl (C=O) groups is 1. The number of ether oxygens (including phenoxy) is 1. The molecule has 0 aliphatic carbocycles. The first-order valence-electron chi connectivity index (χ1n) is 5.23. The number of nitrogen functional groups attached to an aromatic ring is 1. The van der Waals surface area contributed by atoms with Gasteiger partial charge in [-0.2, -0.15) is 0 Å². The fraction of sp³-hybridized carbons (Fsp3) is 0.417. The Bertz CT molecular complexity index is 419. The van der Waals surface area contributed by atoms with Gasteiger partial charge in [0.25, 0.3) is 5.91 Å². The highest BCUT2D eigenvalue weighted by Gasteiger charge is 2.22. The molecule has 1 aromatic rings. The third kappa shape index (κ3) is 3.71. The number of halogens is 1. The van der Waals surface area contributed by atoms with Crippen LogP contribution in [0.15, 0.2) is 22.7 Å². The molecule has 1 aromatic carbocycles. The molecular weight excluding hydrogens is 284 g/mol. The lowest BCUT2D eigenvalue weighted by atomic mass is 10.1. The van der Waals surface area contributed by atoms with Crippen molar-refractivity contribution in [1.29, 1.82) is 0 Å². The molecule has 0 unspecified atom stereocenters. The predicted octanol–water partition coefficient (Wildman–Crippen LogP) is 2.19. The van der Waals surface area contributed by atoms with Crippen molar-refractivity contribution in [1.82, 2.24) is 5.32 Å². The summed E-state index contributed by atoms with van der Waals surface area (Å²) in [5.41, 5.74) is 6.37. The lowest BCUT2D eigenvalue weighted by molar-refractivity contribution is 0.0819. The second kappa shape index (κ2) is 5.51. The fourth-order valence-corrected chi connectivity index (χ4v) is 1.94. The molecule has 5 heteroatoms. The van der Waals surface area contributed by atoms with E-state index in [2.05, 4.69) is 21.2 Å². The van der Waals surface area contributed by atoms with E-state index in [9.17, 15) is 4.79 Å². The molecule has 1 amide bonds. The second-order valence-corrected chi connectivity index (χ2v) is 5.27. The average molecular weight is 301 g/mol. The molecule has 3 N–H and O–H groups in total. The van der Waals surface area contributed by atoms with E-state index >= 15 is 0 Å². The van der Waals surface area contributed by atoms with Crippen molar-refractivity contribution in [2.45, 2.75) is 19.4 Å². The van der Waals surface area contributed by atoms with Gasteiger partial charge in [0.05, 0.1) is 22.2 Å². The van der Waals surface area contributed by atoms with Gasteiger partial charge in [0.2, 0.25) is 0 Å². The normalized spacial score (nSPS) is 11.3. The zero-order valence-electron chi connectivity index (χ0n) is 10.2. The first-order chi connectivity index (χ1) is 7.87. The van der Waals surface area contributed by atoms with E-state index in [1.54, 1.807) is 25.3 Å². The molecule has 17 heavy (non-hydrogen) atoms. The standard InChI is InChI=1S/C12H17BrN2O2/c1-12(2,7-17-3)15-11(16)8-5-4-6-9(14)10(8)13/h4-6H,7,14H2,1-3H3,(H,15,16). The van der Waals surface area contributed by atoms with Crippen LogP contribution in [-0.4, -0.2) is 25.2 Å². The van der Waals surface area contributed by atoms with Crippen LogP contribution in [0.25, 0.3) is 0 Å². The molecule has 0 saturated heterocycles. The number of hydrogen-bond donors (Lipinski definition) is 2. The molecule has 0 fully saturated rings. The lowest BCUT2D eigenvalue weighted by Gasteiger charge is -2.25. The minimum absolute atomic E-state index is 0.175. The molecule has 0 heterocycles. The fourth-order valence-electron chi connectivity index (χ4n) is 1.50. The van der Waals surface area contributed by atoms with Crippen LogP contribution < -0.4 is 11.1 Å². The predicted molar refractivity (Wildman–Crippen MR) is 72.0 cm³/mol. The smallest absolute Gasteiger partial charge is 0.252 e. The molecule has 0 spiro atoms. The number of amides is 1. The van der Waals surface area contributed by atoms with Crippen molar-refractivity contribution >= 4 is 27.5 Å². The number of rotatable bonds is 4. The van der Waals surface area contributed by atoms with Crippen LogP contribution in [0.1, 0.15) is 24.2 Å². The van der Waals surface area contributed by atoms with Crippen molar-refractivity contribution in [3.05, 3.63) is 28.2 Å². The zero-order chi connectivity index (χ0) is 13.1. The van der Waals surface area contributed by atoms with Crippen LogP contribution in [0, 0.1) is 0 Å². The summed E-state index contributed by atoms with van der Waals surface area (Å²) in [4.78, 5) is 12.1. The molecule has 0 aromatic heterocycles. The molecular formula is C12H17BrN2O2. The molecule has 0 saturated carbocycles. The SMILES string of the molecule is COCC(C)(C)NC(=O)c1cccc(N)c1Br. The van der Waals surface area contributed by atoms with E-state index < -0.39 is 5.54 Å². The van der Waals surface area contributed by atoms with Crippen LogP contribution in [0.2, 0.25) is 0 Å². The maximum absolute atomic E-state index is 12.1. The zero-order valence-corrected chi connectivity index (χ0v) is 11.8. The van der Waals surface area contributed by atoms with Crippen LogP contribution in [0.5, 0.6) is 0 Å². The molecule has 0 atom stereocenters. The van der Waals surface area contributed by atoms with Crippen molar-refractivity contribution in [2.24, 2.45) is 0 Å². The number of benzene rings is 1. The summed E-state index contributed by atoms with van der Waals surface area (Å²) in [5, 5.41) is 2.89. The van der Waals surface area contributed by atoms with E-state index in [0.717, 1.165) is 0 Å². The number of hydrogen-bond acceptors (Lipinski definition) is 3. The van der Waals surface area contributed by atoms with Gasteiger partial charge in [0, 0.05) is 12.8 Å². The van der Waals surface area contributed by atoms with Gasteiger partial charge in [-0.1, -0.05) is 6.07 Å². The topological polar surface area (TPSA) is 64.3 Å². The Hall–Kier alpha value is -1.07. The summed E-state index contributed by atoms with van der Waals surface area (Å²) in [5.74, 6) is -0.175. The van der Waals surface area contributed by atoms with E-state index in [1.807, 2.05) is 13.8 Å².